The van der Waals surface area contributed by atoms with Gasteiger partial charge in [-0.05, 0) is 22.9 Å². The second-order valence-electron chi connectivity index (χ2n) is 5.06. The van der Waals surface area contributed by atoms with Crippen LogP contribution in [0.3, 0.4) is 0 Å². The van der Waals surface area contributed by atoms with Crippen LogP contribution < -0.4 is 15.9 Å². The number of ether oxygens (including phenoxy) is 1. The van der Waals surface area contributed by atoms with Crippen LogP contribution in [0.1, 0.15) is 0 Å². The molecular formula is C16H17N5O. The summed E-state index contributed by atoms with van der Waals surface area (Å²) >= 11 is 0. The molecule has 1 aromatic heterocycles. The van der Waals surface area contributed by atoms with Gasteiger partial charge in [-0.1, -0.05) is 30.3 Å². The van der Waals surface area contributed by atoms with Gasteiger partial charge >= 0.3 is 0 Å². The molecule has 3 aromatic rings. The Hall–Kier alpha value is -2.86. The summed E-state index contributed by atoms with van der Waals surface area (Å²) in [6.07, 6.45) is 1.42. The summed E-state index contributed by atoms with van der Waals surface area (Å²) in [4.78, 5) is 8.21. The van der Waals surface area contributed by atoms with Crippen LogP contribution in [0.15, 0.2) is 48.8 Å². The molecule has 0 aliphatic heterocycles. The highest BCUT2D eigenvalue weighted by Crippen LogP contribution is 2.30. The van der Waals surface area contributed by atoms with Crippen LogP contribution in [0, 0.1) is 0 Å². The van der Waals surface area contributed by atoms with Gasteiger partial charge < -0.3 is 15.9 Å². The number of nitrogen functional groups attached to an aromatic ring is 1. The van der Waals surface area contributed by atoms with Gasteiger partial charge in [-0.15, -0.1) is 0 Å². The molecule has 0 spiro atoms. The number of nitrogens with two attached hydrogens (primary N) is 1. The standard InChI is InChI=1S/C16H17N5O/c1-21(2)20-15-14(17)16(19-10-18-15)22-13-8-7-11-5-3-4-6-12(11)9-13/h3-10H,17H2,1-2H3,(H,18,19,20). The smallest absolute Gasteiger partial charge is 0.248 e. The zero-order valence-electron chi connectivity index (χ0n) is 12.4. The van der Waals surface area contributed by atoms with Crippen molar-refractivity contribution in [1.29, 1.82) is 0 Å². The van der Waals surface area contributed by atoms with Gasteiger partial charge in [-0.25, -0.2) is 9.99 Å². The largest absolute Gasteiger partial charge is 0.437 e. The summed E-state index contributed by atoms with van der Waals surface area (Å²) in [6.45, 7) is 0. The lowest BCUT2D eigenvalue weighted by molar-refractivity contribution is 0.462. The topological polar surface area (TPSA) is 76.3 Å². The molecule has 0 saturated carbocycles. The van der Waals surface area contributed by atoms with Crippen LogP contribution in [-0.4, -0.2) is 29.1 Å². The van der Waals surface area contributed by atoms with Crippen molar-refractivity contribution in [1.82, 2.24) is 15.0 Å². The van der Waals surface area contributed by atoms with E-state index in [1.165, 1.54) is 6.33 Å². The summed E-state index contributed by atoms with van der Waals surface area (Å²) in [6, 6.07) is 13.9. The Morgan fingerprint density at radius 3 is 2.59 bits per heavy atom. The first kappa shape index (κ1) is 14.1. The van der Waals surface area contributed by atoms with E-state index >= 15 is 0 Å². The van der Waals surface area contributed by atoms with E-state index in [2.05, 4.69) is 21.5 Å². The average Bonchev–Trinajstić information content (AvgIpc) is 2.51. The third-order valence-electron chi connectivity index (χ3n) is 3.11. The van der Waals surface area contributed by atoms with Gasteiger partial charge in [0.2, 0.25) is 5.88 Å². The first-order valence-corrected chi connectivity index (χ1v) is 6.84. The minimum absolute atomic E-state index is 0.328. The van der Waals surface area contributed by atoms with Gasteiger partial charge in [0.05, 0.1) is 0 Å². The number of fused-ring (bicyclic) bond motifs is 1. The first-order chi connectivity index (χ1) is 10.6. The van der Waals surface area contributed by atoms with E-state index in [1.54, 1.807) is 5.01 Å². The molecule has 0 fully saturated rings. The normalized spacial score (nSPS) is 10.9. The molecule has 3 N–H and O–H groups in total. The molecule has 0 amide bonds. The molecule has 0 unspecified atom stereocenters. The van der Waals surface area contributed by atoms with Crippen molar-refractivity contribution in [3.05, 3.63) is 48.8 Å². The molecule has 1 heterocycles. The number of rotatable bonds is 4. The maximum absolute atomic E-state index is 6.05. The molecule has 3 rings (SSSR count). The lowest BCUT2D eigenvalue weighted by atomic mass is 10.1. The number of nitrogens with one attached hydrogen (secondary N) is 1. The zero-order valence-corrected chi connectivity index (χ0v) is 12.4. The van der Waals surface area contributed by atoms with E-state index in [4.69, 9.17) is 10.5 Å². The van der Waals surface area contributed by atoms with Crippen molar-refractivity contribution in [2.24, 2.45) is 0 Å². The average molecular weight is 295 g/mol. The van der Waals surface area contributed by atoms with Crippen LogP contribution in [0.25, 0.3) is 10.8 Å². The first-order valence-electron chi connectivity index (χ1n) is 6.84. The fraction of sp³-hybridized carbons (Fsp3) is 0.125. The van der Waals surface area contributed by atoms with Gasteiger partial charge in [0, 0.05) is 14.1 Å². The van der Waals surface area contributed by atoms with E-state index < -0.39 is 0 Å². The minimum Gasteiger partial charge on any atom is -0.437 e. The van der Waals surface area contributed by atoms with Crippen LogP contribution in [0.4, 0.5) is 11.5 Å². The Bertz CT molecular complexity index is 803. The van der Waals surface area contributed by atoms with Crippen LogP contribution in [-0.2, 0) is 0 Å². The summed E-state index contributed by atoms with van der Waals surface area (Å²) in [7, 11) is 3.71. The SMILES string of the molecule is CN(C)Nc1ncnc(Oc2ccc3ccccc3c2)c1N. The van der Waals surface area contributed by atoms with Gasteiger partial charge in [0.1, 0.15) is 17.8 Å². The summed E-state index contributed by atoms with van der Waals surface area (Å²) in [5, 5.41) is 4.00. The third kappa shape index (κ3) is 2.91. The molecule has 6 nitrogen and oxygen atoms in total. The molecule has 0 bridgehead atoms. The molecule has 0 radical (unpaired) electrons. The highest BCUT2D eigenvalue weighted by Gasteiger charge is 2.11. The molecule has 22 heavy (non-hydrogen) atoms. The monoisotopic (exact) mass is 295 g/mol. The zero-order chi connectivity index (χ0) is 15.5. The van der Waals surface area contributed by atoms with E-state index in [0.29, 0.717) is 23.1 Å². The Balaban J connectivity index is 1.91. The lowest BCUT2D eigenvalue weighted by Crippen LogP contribution is -2.21. The third-order valence-corrected chi connectivity index (χ3v) is 3.11. The van der Waals surface area contributed by atoms with Crippen molar-refractivity contribution in [3.63, 3.8) is 0 Å². The van der Waals surface area contributed by atoms with E-state index in [1.807, 2.05) is 50.5 Å². The predicted molar refractivity (Wildman–Crippen MR) is 87.8 cm³/mol. The highest BCUT2D eigenvalue weighted by molar-refractivity contribution is 5.83. The fourth-order valence-corrected chi connectivity index (χ4v) is 2.10. The van der Waals surface area contributed by atoms with Crippen molar-refractivity contribution >= 4 is 22.3 Å². The summed E-state index contributed by atoms with van der Waals surface area (Å²) < 4.78 is 5.80. The number of anilines is 2. The Labute approximate surface area is 128 Å². The number of hydrogen-bond acceptors (Lipinski definition) is 6. The van der Waals surface area contributed by atoms with Gasteiger partial charge in [-0.2, -0.15) is 4.98 Å². The summed E-state index contributed by atoms with van der Waals surface area (Å²) in [5.41, 5.74) is 9.42. The molecule has 0 aliphatic rings. The van der Waals surface area contributed by atoms with Crippen molar-refractivity contribution < 1.29 is 4.74 Å². The lowest BCUT2D eigenvalue weighted by Gasteiger charge is -2.15. The van der Waals surface area contributed by atoms with E-state index in [-0.39, 0.29) is 0 Å². The molecular weight excluding hydrogens is 278 g/mol. The van der Waals surface area contributed by atoms with Crippen LogP contribution >= 0.6 is 0 Å². The van der Waals surface area contributed by atoms with Crippen LogP contribution in [0.5, 0.6) is 11.6 Å². The maximum Gasteiger partial charge on any atom is 0.248 e. The van der Waals surface area contributed by atoms with Crippen molar-refractivity contribution in [2.45, 2.75) is 0 Å². The van der Waals surface area contributed by atoms with E-state index in [9.17, 15) is 0 Å². The molecule has 0 atom stereocenters. The van der Waals surface area contributed by atoms with Gasteiger partial charge in [0.15, 0.2) is 5.82 Å². The van der Waals surface area contributed by atoms with Crippen LogP contribution in [0.2, 0.25) is 0 Å². The second kappa shape index (κ2) is 5.87. The molecule has 2 aromatic carbocycles. The number of hydrazine groups is 1. The summed E-state index contributed by atoms with van der Waals surface area (Å²) in [5.74, 6) is 1.52. The Kier molecular flexibility index (Phi) is 3.76. The van der Waals surface area contributed by atoms with E-state index in [0.717, 1.165) is 10.8 Å². The molecule has 112 valence electrons. The number of hydrogen-bond donors (Lipinski definition) is 2. The molecule has 0 saturated heterocycles. The Morgan fingerprint density at radius 2 is 1.82 bits per heavy atom. The minimum atomic E-state index is 0.328. The second-order valence-corrected chi connectivity index (χ2v) is 5.06. The fourth-order valence-electron chi connectivity index (χ4n) is 2.10. The molecule has 6 heteroatoms. The Morgan fingerprint density at radius 1 is 1.05 bits per heavy atom. The van der Waals surface area contributed by atoms with Crippen molar-refractivity contribution in [3.8, 4) is 11.6 Å². The number of nitrogens with zero attached hydrogens (tertiary/aromatic N) is 3. The predicted octanol–water partition coefficient (Wildman–Crippen LogP) is 2.89. The quantitative estimate of drug-likeness (QED) is 0.721. The van der Waals surface area contributed by atoms with Gasteiger partial charge in [0.25, 0.3) is 0 Å². The number of benzene rings is 2. The van der Waals surface area contributed by atoms with Gasteiger partial charge in [-0.3, -0.25) is 0 Å². The molecule has 0 aliphatic carbocycles. The highest BCUT2D eigenvalue weighted by atomic mass is 16.5. The maximum atomic E-state index is 6.05. The number of aromatic nitrogens is 2. The van der Waals surface area contributed by atoms with Crippen molar-refractivity contribution in [2.75, 3.05) is 25.3 Å².